The van der Waals surface area contributed by atoms with Gasteiger partial charge in [0.15, 0.2) is 0 Å². The Morgan fingerprint density at radius 2 is 2.17 bits per heavy atom. The monoisotopic (exact) mass is 254 g/mol. The van der Waals surface area contributed by atoms with E-state index in [1.165, 1.54) is 0 Å². The Morgan fingerprint density at radius 1 is 1.44 bits per heavy atom. The van der Waals surface area contributed by atoms with Gasteiger partial charge in [0.2, 0.25) is 0 Å². The van der Waals surface area contributed by atoms with E-state index in [-0.39, 0.29) is 29.9 Å². The van der Waals surface area contributed by atoms with Crippen LogP contribution in [0.15, 0.2) is 0 Å². The third-order valence-corrected chi connectivity index (χ3v) is 4.38. The average molecular weight is 254 g/mol. The summed E-state index contributed by atoms with van der Waals surface area (Å²) in [5.41, 5.74) is -0.477. The van der Waals surface area contributed by atoms with Gasteiger partial charge in [-0.25, -0.2) is 0 Å². The maximum atomic E-state index is 12.1. The van der Waals surface area contributed by atoms with Crippen molar-refractivity contribution in [2.45, 2.75) is 52.6 Å². The molecule has 4 heteroatoms. The van der Waals surface area contributed by atoms with Crippen LogP contribution in [-0.4, -0.2) is 24.6 Å². The van der Waals surface area contributed by atoms with E-state index in [1.807, 2.05) is 20.8 Å². The van der Waals surface area contributed by atoms with Crippen LogP contribution in [0.25, 0.3) is 0 Å². The summed E-state index contributed by atoms with van der Waals surface area (Å²) >= 11 is 0. The normalized spacial score (nSPS) is 31.7. The Hall–Kier alpha value is -1.06. The van der Waals surface area contributed by atoms with Crippen LogP contribution in [0.4, 0.5) is 0 Å². The summed E-state index contributed by atoms with van der Waals surface area (Å²) < 4.78 is 10.7. The maximum Gasteiger partial charge on any atom is 0.313 e. The Kier molecular flexibility index (Phi) is 3.64. The molecular formula is C14H22O4. The molecule has 18 heavy (non-hydrogen) atoms. The maximum absolute atomic E-state index is 12.1. The van der Waals surface area contributed by atoms with E-state index in [1.54, 1.807) is 0 Å². The van der Waals surface area contributed by atoms with Gasteiger partial charge in [-0.15, -0.1) is 0 Å². The first-order chi connectivity index (χ1) is 8.45. The van der Waals surface area contributed by atoms with Gasteiger partial charge < -0.3 is 9.47 Å². The summed E-state index contributed by atoms with van der Waals surface area (Å²) in [7, 11) is 0. The van der Waals surface area contributed by atoms with E-state index < -0.39 is 5.41 Å². The molecule has 0 bridgehead atoms. The summed E-state index contributed by atoms with van der Waals surface area (Å²) in [4.78, 5) is 23.8. The van der Waals surface area contributed by atoms with Crippen molar-refractivity contribution in [2.24, 2.45) is 17.3 Å². The van der Waals surface area contributed by atoms with E-state index in [4.69, 9.17) is 9.47 Å². The lowest BCUT2D eigenvalue weighted by Gasteiger charge is -2.32. The van der Waals surface area contributed by atoms with Gasteiger partial charge in [-0.05, 0) is 39.5 Å². The number of carbonyl (C=O) groups excluding carboxylic acids is 2. The third-order valence-electron chi connectivity index (χ3n) is 4.38. The number of fused-ring (bicyclic) bond motifs is 1. The lowest BCUT2D eigenvalue weighted by molar-refractivity contribution is -0.167. The zero-order valence-corrected chi connectivity index (χ0v) is 11.4. The number of carbonyl (C=O) groups is 2. The van der Waals surface area contributed by atoms with Crippen LogP contribution in [0.3, 0.4) is 0 Å². The summed E-state index contributed by atoms with van der Waals surface area (Å²) in [6, 6.07) is 0. The minimum atomic E-state index is -0.477. The zero-order chi connectivity index (χ0) is 13.3. The van der Waals surface area contributed by atoms with Crippen molar-refractivity contribution >= 4 is 11.9 Å². The number of esters is 2. The van der Waals surface area contributed by atoms with E-state index in [0.29, 0.717) is 6.61 Å². The standard InChI is InChI=1S/C14H22O4/c1-4-14(2,3)13(16)18-10-7-5-6-9-8-17-12(15)11(9)10/h9-11H,4-8H2,1-3H3. The van der Waals surface area contributed by atoms with Crippen LogP contribution in [0, 0.1) is 17.3 Å². The van der Waals surface area contributed by atoms with Crippen LogP contribution in [-0.2, 0) is 19.1 Å². The molecule has 2 aliphatic rings. The molecule has 1 aliphatic heterocycles. The second-order valence-electron chi connectivity index (χ2n) is 6.03. The Morgan fingerprint density at radius 3 is 2.83 bits per heavy atom. The molecule has 4 nitrogen and oxygen atoms in total. The molecule has 1 aliphatic carbocycles. The SMILES string of the molecule is CCC(C)(C)C(=O)OC1CCCC2COC(=O)C21. The fraction of sp³-hybridized carbons (Fsp3) is 0.857. The van der Waals surface area contributed by atoms with Crippen molar-refractivity contribution in [1.29, 1.82) is 0 Å². The zero-order valence-electron chi connectivity index (χ0n) is 11.4. The molecule has 1 saturated carbocycles. The predicted molar refractivity (Wildman–Crippen MR) is 65.7 cm³/mol. The highest BCUT2D eigenvalue weighted by Crippen LogP contribution is 2.38. The van der Waals surface area contributed by atoms with Crippen LogP contribution >= 0.6 is 0 Å². The smallest absolute Gasteiger partial charge is 0.313 e. The molecule has 3 unspecified atom stereocenters. The summed E-state index contributed by atoms with van der Waals surface area (Å²) in [6.07, 6.45) is 3.24. The van der Waals surface area contributed by atoms with Crippen molar-refractivity contribution in [3.05, 3.63) is 0 Å². The first kappa shape index (κ1) is 13.4. The second kappa shape index (κ2) is 4.90. The van der Waals surface area contributed by atoms with E-state index >= 15 is 0 Å². The van der Waals surface area contributed by atoms with Crippen molar-refractivity contribution in [3.63, 3.8) is 0 Å². The van der Waals surface area contributed by atoms with Gasteiger partial charge in [-0.1, -0.05) is 6.92 Å². The fourth-order valence-corrected chi connectivity index (χ4v) is 2.63. The minimum Gasteiger partial charge on any atom is -0.465 e. The van der Waals surface area contributed by atoms with E-state index in [0.717, 1.165) is 25.7 Å². The van der Waals surface area contributed by atoms with E-state index in [9.17, 15) is 9.59 Å². The first-order valence-electron chi connectivity index (χ1n) is 6.83. The lowest BCUT2D eigenvalue weighted by atomic mass is 9.79. The number of hydrogen-bond acceptors (Lipinski definition) is 4. The van der Waals surface area contributed by atoms with Crippen molar-refractivity contribution in [1.82, 2.24) is 0 Å². The molecule has 0 aromatic heterocycles. The molecule has 0 radical (unpaired) electrons. The fourth-order valence-electron chi connectivity index (χ4n) is 2.63. The van der Waals surface area contributed by atoms with E-state index in [2.05, 4.69) is 0 Å². The Labute approximate surface area is 108 Å². The average Bonchev–Trinajstić information content (AvgIpc) is 2.72. The minimum absolute atomic E-state index is 0.188. The highest BCUT2D eigenvalue weighted by atomic mass is 16.6. The molecule has 0 spiro atoms. The molecule has 0 amide bonds. The molecule has 3 atom stereocenters. The Balaban J connectivity index is 2.04. The molecule has 102 valence electrons. The molecule has 0 aromatic rings. The van der Waals surface area contributed by atoms with Gasteiger partial charge in [0.25, 0.3) is 0 Å². The number of rotatable bonds is 3. The Bertz CT molecular complexity index is 348. The van der Waals surface area contributed by atoms with Gasteiger partial charge in [-0.2, -0.15) is 0 Å². The molecule has 0 aromatic carbocycles. The van der Waals surface area contributed by atoms with Crippen LogP contribution in [0.2, 0.25) is 0 Å². The van der Waals surface area contributed by atoms with Crippen LogP contribution < -0.4 is 0 Å². The quantitative estimate of drug-likeness (QED) is 0.725. The number of cyclic esters (lactones) is 1. The predicted octanol–water partition coefficient (Wildman–Crippen LogP) is 2.31. The molecule has 1 saturated heterocycles. The van der Waals surface area contributed by atoms with Crippen molar-refractivity contribution in [2.75, 3.05) is 6.61 Å². The van der Waals surface area contributed by atoms with Crippen LogP contribution in [0.5, 0.6) is 0 Å². The summed E-state index contributed by atoms with van der Waals surface area (Å²) in [5, 5.41) is 0. The van der Waals surface area contributed by atoms with Gasteiger partial charge >= 0.3 is 11.9 Å². The molecule has 2 rings (SSSR count). The highest BCUT2D eigenvalue weighted by Gasteiger charge is 2.47. The molecule has 0 N–H and O–H groups in total. The summed E-state index contributed by atoms with van der Waals surface area (Å²) in [6.45, 7) is 6.22. The van der Waals surface area contributed by atoms with Crippen molar-refractivity contribution in [3.8, 4) is 0 Å². The highest BCUT2D eigenvalue weighted by molar-refractivity contribution is 5.78. The van der Waals surface area contributed by atoms with Gasteiger partial charge in [0, 0.05) is 5.92 Å². The second-order valence-corrected chi connectivity index (χ2v) is 6.03. The molecule has 1 heterocycles. The topological polar surface area (TPSA) is 52.6 Å². The van der Waals surface area contributed by atoms with Crippen molar-refractivity contribution < 1.29 is 19.1 Å². The number of ether oxygens (including phenoxy) is 2. The first-order valence-corrected chi connectivity index (χ1v) is 6.83. The molecule has 2 fully saturated rings. The largest absolute Gasteiger partial charge is 0.465 e. The summed E-state index contributed by atoms with van der Waals surface area (Å²) in [5.74, 6) is -0.369. The van der Waals surface area contributed by atoms with Gasteiger partial charge in [-0.3, -0.25) is 9.59 Å². The van der Waals surface area contributed by atoms with Gasteiger partial charge in [0.05, 0.1) is 17.9 Å². The lowest BCUT2D eigenvalue weighted by Crippen LogP contribution is -2.40. The third kappa shape index (κ3) is 2.38. The molecular weight excluding hydrogens is 232 g/mol. The van der Waals surface area contributed by atoms with Gasteiger partial charge in [0.1, 0.15) is 6.10 Å². The van der Waals surface area contributed by atoms with Crippen LogP contribution in [0.1, 0.15) is 46.5 Å². The number of hydrogen-bond donors (Lipinski definition) is 0.